The van der Waals surface area contributed by atoms with E-state index in [1.807, 2.05) is 0 Å². The number of carbonyl (C=O) groups excluding carboxylic acids is 1. The minimum absolute atomic E-state index is 0.218. The lowest BCUT2D eigenvalue weighted by Gasteiger charge is -2.17. The SMILES string of the molecule is CCC(C)(F)c1ncc2ncc(-c3ccc(OC(F)(F)C(=O)OCc4ccccc4)cc3)cn12. The topological polar surface area (TPSA) is 65.7 Å². The first-order chi connectivity index (χ1) is 16.2. The number of ether oxygens (including phenoxy) is 2. The molecule has 0 spiro atoms. The quantitative estimate of drug-likeness (QED) is 0.310. The Morgan fingerprint density at radius 1 is 0.971 bits per heavy atom. The summed E-state index contributed by atoms with van der Waals surface area (Å²) in [6.07, 6.45) is 0.832. The van der Waals surface area contributed by atoms with Crippen molar-refractivity contribution in [2.45, 2.75) is 38.7 Å². The number of hydrogen-bond acceptors (Lipinski definition) is 5. The average Bonchev–Trinajstić information content (AvgIpc) is 3.27. The first kappa shape index (κ1) is 23.3. The Bertz CT molecular complexity index is 1290. The Kier molecular flexibility index (Phi) is 6.28. The van der Waals surface area contributed by atoms with Crippen molar-refractivity contribution in [3.05, 3.63) is 84.6 Å². The van der Waals surface area contributed by atoms with E-state index in [1.165, 1.54) is 37.4 Å². The molecule has 0 aliphatic heterocycles. The highest BCUT2D eigenvalue weighted by molar-refractivity contribution is 5.76. The van der Waals surface area contributed by atoms with Crippen molar-refractivity contribution in [2.24, 2.45) is 0 Å². The molecule has 0 N–H and O–H groups in total. The lowest BCUT2D eigenvalue weighted by molar-refractivity contribution is -0.218. The van der Waals surface area contributed by atoms with Crippen molar-refractivity contribution < 1.29 is 27.4 Å². The molecular weight excluding hydrogens is 447 g/mol. The van der Waals surface area contributed by atoms with Gasteiger partial charge in [0.05, 0.1) is 6.20 Å². The number of nitrogens with zero attached hydrogens (tertiary/aromatic N) is 3. The number of benzene rings is 2. The predicted octanol–water partition coefficient (Wildman–Crippen LogP) is 5.71. The van der Waals surface area contributed by atoms with E-state index in [-0.39, 0.29) is 24.6 Å². The zero-order chi connectivity index (χ0) is 24.3. The van der Waals surface area contributed by atoms with E-state index in [0.717, 1.165) is 0 Å². The van der Waals surface area contributed by atoms with Gasteiger partial charge in [-0.05, 0) is 36.6 Å². The molecule has 0 radical (unpaired) electrons. The maximum absolute atomic E-state index is 14.8. The van der Waals surface area contributed by atoms with E-state index in [9.17, 15) is 18.0 Å². The van der Waals surface area contributed by atoms with Gasteiger partial charge in [-0.15, -0.1) is 0 Å². The zero-order valence-electron chi connectivity index (χ0n) is 18.5. The largest absolute Gasteiger partial charge is 0.502 e. The van der Waals surface area contributed by atoms with Gasteiger partial charge in [0, 0.05) is 18.0 Å². The maximum Gasteiger partial charge on any atom is 0.502 e. The number of fused-ring (bicyclic) bond motifs is 1. The number of rotatable bonds is 8. The summed E-state index contributed by atoms with van der Waals surface area (Å²) >= 11 is 0. The normalized spacial score (nSPS) is 13.4. The van der Waals surface area contributed by atoms with E-state index in [2.05, 4.69) is 19.4 Å². The summed E-state index contributed by atoms with van der Waals surface area (Å²) in [7, 11) is 0. The summed E-state index contributed by atoms with van der Waals surface area (Å²) in [5.74, 6) is -1.77. The third kappa shape index (κ3) is 4.88. The van der Waals surface area contributed by atoms with Gasteiger partial charge in [0.15, 0.2) is 17.1 Å². The molecule has 9 heteroatoms. The molecule has 2 aromatic carbocycles. The van der Waals surface area contributed by atoms with Crippen LogP contribution in [0, 0.1) is 0 Å². The van der Waals surface area contributed by atoms with Crippen LogP contribution in [0.4, 0.5) is 13.2 Å². The predicted molar refractivity (Wildman–Crippen MR) is 119 cm³/mol. The lowest BCUT2D eigenvalue weighted by atomic mass is 10.1. The monoisotopic (exact) mass is 469 g/mol. The van der Waals surface area contributed by atoms with Crippen molar-refractivity contribution in [1.82, 2.24) is 14.4 Å². The fourth-order valence-corrected chi connectivity index (χ4v) is 3.29. The number of halogens is 3. The van der Waals surface area contributed by atoms with Crippen molar-refractivity contribution >= 4 is 11.6 Å². The van der Waals surface area contributed by atoms with E-state index in [1.54, 1.807) is 54.0 Å². The van der Waals surface area contributed by atoms with E-state index < -0.39 is 17.7 Å². The van der Waals surface area contributed by atoms with Crippen LogP contribution in [0.25, 0.3) is 16.8 Å². The third-order valence-electron chi connectivity index (χ3n) is 5.40. The molecule has 0 bridgehead atoms. The van der Waals surface area contributed by atoms with Crippen molar-refractivity contribution in [1.29, 1.82) is 0 Å². The molecule has 0 saturated heterocycles. The Balaban J connectivity index is 1.48. The highest BCUT2D eigenvalue weighted by Crippen LogP contribution is 2.30. The summed E-state index contributed by atoms with van der Waals surface area (Å²) in [6, 6.07) is 14.2. The Morgan fingerprint density at radius 2 is 1.68 bits per heavy atom. The van der Waals surface area contributed by atoms with Gasteiger partial charge in [-0.1, -0.05) is 49.4 Å². The van der Waals surface area contributed by atoms with Gasteiger partial charge in [0.1, 0.15) is 12.4 Å². The summed E-state index contributed by atoms with van der Waals surface area (Å²) in [5.41, 5.74) is 0.692. The van der Waals surface area contributed by atoms with Crippen LogP contribution in [0.15, 0.2) is 73.2 Å². The van der Waals surface area contributed by atoms with Crippen LogP contribution in [0.1, 0.15) is 31.7 Å². The summed E-state index contributed by atoms with van der Waals surface area (Å²) in [6.45, 7) is 2.88. The van der Waals surface area contributed by atoms with E-state index >= 15 is 0 Å². The lowest BCUT2D eigenvalue weighted by Crippen LogP contribution is -2.36. The molecule has 0 fully saturated rings. The average molecular weight is 469 g/mol. The van der Waals surface area contributed by atoms with Gasteiger partial charge in [0.2, 0.25) is 0 Å². The molecule has 0 aliphatic carbocycles. The number of alkyl halides is 3. The maximum atomic E-state index is 14.8. The molecule has 0 saturated carbocycles. The van der Waals surface area contributed by atoms with Crippen LogP contribution >= 0.6 is 0 Å². The standard InChI is InChI=1S/C25H22F3N3O3/c1-3-24(2,26)22-30-14-21-29-13-19(15-31(21)22)18-9-11-20(12-10-18)34-25(27,28)23(32)33-16-17-7-5-4-6-8-17/h4-15H,3,16H2,1-2H3. The molecule has 0 aliphatic rings. The first-order valence-electron chi connectivity index (χ1n) is 10.6. The minimum Gasteiger partial charge on any atom is -0.453 e. The van der Waals surface area contributed by atoms with Gasteiger partial charge < -0.3 is 9.47 Å². The highest BCUT2D eigenvalue weighted by atomic mass is 19.3. The highest BCUT2D eigenvalue weighted by Gasteiger charge is 2.44. The van der Waals surface area contributed by atoms with Crippen molar-refractivity contribution in [2.75, 3.05) is 0 Å². The molecular formula is C25H22F3N3O3. The summed E-state index contributed by atoms with van der Waals surface area (Å²) < 4.78 is 54.1. The van der Waals surface area contributed by atoms with Gasteiger partial charge in [-0.3, -0.25) is 4.40 Å². The molecule has 4 rings (SSSR count). The second-order valence-corrected chi connectivity index (χ2v) is 7.91. The summed E-state index contributed by atoms with van der Waals surface area (Å²) in [5, 5.41) is 0. The van der Waals surface area contributed by atoms with Crippen LogP contribution in [0.3, 0.4) is 0 Å². The van der Waals surface area contributed by atoms with Gasteiger partial charge in [0.25, 0.3) is 0 Å². The summed E-state index contributed by atoms with van der Waals surface area (Å²) in [4.78, 5) is 20.3. The minimum atomic E-state index is -4.16. The Morgan fingerprint density at radius 3 is 2.35 bits per heavy atom. The smallest absolute Gasteiger partial charge is 0.453 e. The van der Waals surface area contributed by atoms with Crippen LogP contribution in [0.5, 0.6) is 5.75 Å². The van der Waals surface area contributed by atoms with Crippen LogP contribution in [-0.2, 0) is 21.8 Å². The number of hydrogen-bond donors (Lipinski definition) is 0. The Hall–Kier alpha value is -3.88. The molecule has 6 nitrogen and oxygen atoms in total. The molecule has 2 aromatic heterocycles. The second kappa shape index (κ2) is 9.17. The molecule has 2 heterocycles. The molecule has 1 atom stereocenters. The zero-order valence-corrected chi connectivity index (χ0v) is 18.5. The molecule has 0 amide bonds. The number of aromatic nitrogens is 3. The van der Waals surface area contributed by atoms with E-state index in [0.29, 0.717) is 22.3 Å². The van der Waals surface area contributed by atoms with Crippen molar-refractivity contribution in [3.8, 4) is 16.9 Å². The van der Waals surface area contributed by atoms with Crippen LogP contribution < -0.4 is 4.74 Å². The third-order valence-corrected chi connectivity index (χ3v) is 5.40. The van der Waals surface area contributed by atoms with Crippen LogP contribution in [-0.4, -0.2) is 26.4 Å². The number of imidazole rings is 1. The fourth-order valence-electron chi connectivity index (χ4n) is 3.29. The number of esters is 1. The first-order valence-corrected chi connectivity index (χ1v) is 10.6. The van der Waals surface area contributed by atoms with Crippen LogP contribution in [0.2, 0.25) is 0 Å². The van der Waals surface area contributed by atoms with Crippen molar-refractivity contribution in [3.63, 3.8) is 0 Å². The second-order valence-electron chi connectivity index (χ2n) is 7.91. The number of carbonyl (C=O) groups is 1. The van der Waals surface area contributed by atoms with Gasteiger partial charge in [-0.25, -0.2) is 19.2 Å². The molecule has 1 unspecified atom stereocenters. The fraction of sp³-hybridized carbons (Fsp3) is 0.240. The van der Waals surface area contributed by atoms with Gasteiger partial charge >= 0.3 is 12.1 Å². The van der Waals surface area contributed by atoms with Gasteiger partial charge in [-0.2, -0.15) is 8.78 Å². The molecule has 4 aromatic rings. The molecule has 34 heavy (non-hydrogen) atoms. The molecule has 176 valence electrons. The Labute approximate surface area is 194 Å². The van der Waals surface area contributed by atoms with E-state index in [4.69, 9.17) is 0 Å².